The summed E-state index contributed by atoms with van der Waals surface area (Å²) in [6.45, 7) is 1.60. The van der Waals surface area contributed by atoms with Crippen LogP contribution >= 0.6 is 0 Å². The van der Waals surface area contributed by atoms with Crippen molar-refractivity contribution < 1.29 is 9.90 Å². The topological polar surface area (TPSA) is 76.2 Å². The molecule has 0 aliphatic heterocycles. The van der Waals surface area contributed by atoms with Crippen LogP contribution in [0.2, 0.25) is 0 Å². The molecule has 1 aromatic heterocycles. The smallest absolute Gasteiger partial charge is 0.250 e. The summed E-state index contributed by atoms with van der Waals surface area (Å²) in [6, 6.07) is 7.11. The molecule has 1 heterocycles. The van der Waals surface area contributed by atoms with Crippen molar-refractivity contribution in [3.05, 3.63) is 41.6 Å². The molecule has 0 saturated carbocycles. The Morgan fingerprint density at radius 3 is 2.89 bits per heavy atom. The molecule has 0 bridgehead atoms. The van der Waals surface area contributed by atoms with Crippen molar-refractivity contribution in [2.45, 2.75) is 13.0 Å². The summed E-state index contributed by atoms with van der Waals surface area (Å²) in [6.07, 6.45) is 0.780. The van der Waals surface area contributed by atoms with E-state index < -0.39 is 12.0 Å². The van der Waals surface area contributed by atoms with Crippen molar-refractivity contribution in [2.75, 3.05) is 0 Å². The molecule has 1 atom stereocenters. The molecule has 0 fully saturated rings. The van der Waals surface area contributed by atoms with E-state index in [4.69, 9.17) is 10.8 Å². The van der Waals surface area contributed by atoms with Crippen LogP contribution in [-0.4, -0.2) is 22.1 Å². The van der Waals surface area contributed by atoms with Crippen molar-refractivity contribution in [1.82, 2.24) is 4.98 Å². The SMILES string of the molecule is CC(O)C#Cc1ccc2ncc(C(N)=O)cc2c1. The zero-order chi connectivity index (χ0) is 13.1. The molecule has 0 aliphatic carbocycles. The van der Waals surface area contributed by atoms with Gasteiger partial charge in [-0.2, -0.15) is 0 Å². The highest BCUT2D eigenvalue weighted by molar-refractivity contribution is 5.96. The van der Waals surface area contributed by atoms with Crippen molar-refractivity contribution in [3.8, 4) is 11.8 Å². The normalized spacial score (nSPS) is 11.7. The maximum Gasteiger partial charge on any atom is 0.250 e. The summed E-state index contributed by atoms with van der Waals surface area (Å²) >= 11 is 0. The van der Waals surface area contributed by atoms with Gasteiger partial charge in [-0.15, -0.1) is 0 Å². The van der Waals surface area contributed by atoms with E-state index in [9.17, 15) is 4.79 Å². The van der Waals surface area contributed by atoms with Gasteiger partial charge in [0.1, 0.15) is 6.10 Å². The first-order valence-corrected chi connectivity index (χ1v) is 5.45. The number of hydrogen-bond acceptors (Lipinski definition) is 3. The third-order valence-electron chi connectivity index (χ3n) is 2.39. The molecule has 1 amide bonds. The standard InChI is InChI=1S/C14H12N2O2/c1-9(17)2-3-10-4-5-13-11(6-10)7-12(8-16-13)14(15)18/h4-9,17H,1H3,(H2,15,18). The molecule has 1 aromatic carbocycles. The molecule has 0 aliphatic rings. The van der Waals surface area contributed by atoms with Crippen LogP contribution in [-0.2, 0) is 0 Å². The minimum absolute atomic E-state index is 0.364. The van der Waals surface area contributed by atoms with Gasteiger partial charge in [0.15, 0.2) is 0 Å². The van der Waals surface area contributed by atoms with Gasteiger partial charge in [-0.3, -0.25) is 9.78 Å². The van der Waals surface area contributed by atoms with Gasteiger partial charge >= 0.3 is 0 Å². The second kappa shape index (κ2) is 4.86. The van der Waals surface area contributed by atoms with E-state index in [1.54, 1.807) is 13.0 Å². The van der Waals surface area contributed by atoms with Crippen LogP contribution in [0.1, 0.15) is 22.8 Å². The number of carbonyl (C=O) groups is 1. The minimum atomic E-state index is -0.671. The van der Waals surface area contributed by atoms with Gasteiger partial charge in [-0.05, 0) is 31.2 Å². The van der Waals surface area contributed by atoms with E-state index in [1.165, 1.54) is 6.20 Å². The zero-order valence-electron chi connectivity index (χ0n) is 9.84. The molecule has 2 aromatic rings. The maximum atomic E-state index is 11.1. The van der Waals surface area contributed by atoms with Gasteiger partial charge in [0.05, 0.1) is 11.1 Å². The summed E-state index contributed by atoms with van der Waals surface area (Å²) in [4.78, 5) is 15.2. The summed E-state index contributed by atoms with van der Waals surface area (Å²) in [5.41, 5.74) is 7.09. The lowest BCUT2D eigenvalue weighted by Gasteiger charge is -2.00. The quantitative estimate of drug-likeness (QED) is 0.732. The monoisotopic (exact) mass is 240 g/mol. The number of benzene rings is 1. The Labute approximate surface area is 104 Å². The fraction of sp³-hybridized carbons (Fsp3) is 0.143. The Bertz CT molecular complexity index is 666. The van der Waals surface area contributed by atoms with E-state index >= 15 is 0 Å². The summed E-state index contributed by atoms with van der Waals surface area (Å²) in [5.74, 6) is 4.99. The lowest BCUT2D eigenvalue weighted by molar-refractivity contribution is 0.1000. The number of nitrogens with two attached hydrogens (primary N) is 1. The third-order valence-corrected chi connectivity index (χ3v) is 2.39. The van der Waals surface area contributed by atoms with E-state index in [0.717, 1.165) is 16.5 Å². The number of pyridine rings is 1. The molecule has 3 N–H and O–H groups in total. The molecule has 0 saturated heterocycles. The zero-order valence-corrected chi connectivity index (χ0v) is 9.84. The van der Waals surface area contributed by atoms with E-state index in [0.29, 0.717) is 5.56 Å². The van der Waals surface area contributed by atoms with Gasteiger partial charge in [0, 0.05) is 17.1 Å². The molecule has 0 spiro atoms. The number of primary amides is 1. The molecular formula is C14H12N2O2. The van der Waals surface area contributed by atoms with Crippen molar-refractivity contribution in [2.24, 2.45) is 5.73 Å². The number of nitrogens with zero attached hydrogens (tertiary/aromatic N) is 1. The summed E-state index contributed by atoms with van der Waals surface area (Å²) in [7, 11) is 0. The molecule has 4 nitrogen and oxygen atoms in total. The number of amides is 1. The third kappa shape index (κ3) is 2.65. The van der Waals surface area contributed by atoms with Gasteiger partial charge in [-0.1, -0.05) is 11.8 Å². The van der Waals surface area contributed by atoms with Gasteiger partial charge in [0.2, 0.25) is 5.91 Å². The van der Waals surface area contributed by atoms with Crippen LogP contribution in [0.5, 0.6) is 0 Å². The van der Waals surface area contributed by atoms with Crippen LogP contribution in [0.15, 0.2) is 30.5 Å². The highest BCUT2D eigenvalue weighted by Gasteiger charge is 2.03. The Morgan fingerprint density at radius 1 is 1.44 bits per heavy atom. The second-order valence-electron chi connectivity index (χ2n) is 3.94. The number of aliphatic hydroxyl groups is 1. The second-order valence-corrected chi connectivity index (χ2v) is 3.94. The predicted molar refractivity (Wildman–Crippen MR) is 68.8 cm³/mol. The molecule has 0 radical (unpaired) electrons. The van der Waals surface area contributed by atoms with E-state index in [1.807, 2.05) is 18.2 Å². The van der Waals surface area contributed by atoms with Crippen molar-refractivity contribution >= 4 is 16.8 Å². The number of fused-ring (bicyclic) bond motifs is 1. The average molecular weight is 240 g/mol. The summed E-state index contributed by atoms with van der Waals surface area (Å²) < 4.78 is 0. The van der Waals surface area contributed by atoms with Gasteiger partial charge in [0.25, 0.3) is 0 Å². The number of hydrogen-bond donors (Lipinski definition) is 2. The highest BCUT2D eigenvalue weighted by atomic mass is 16.3. The first-order valence-electron chi connectivity index (χ1n) is 5.45. The van der Waals surface area contributed by atoms with Gasteiger partial charge in [-0.25, -0.2) is 0 Å². The molecule has 2 rings (SSSR count). The number of rotatable bonds is 1. The highest BCUT2D eigenvalue weighted by Crippen LogP contribution is 2.15. The van der Waals surface area contributed by atoms with E-state index in [2.05, 4.69) is 16.8 Å². The maximum absolute atomic E-state index is 11.1. The fourth-order valence-electron chi connectivity index (χ4n) is 1.53. The Hall–Kier alpha value is -2.38. The lowest BCUT2D eigenvalue weighted by Crippen LogP contribution is -2.11. The number of aromatic nitrogens is 1. The van der Waals surface area contributed by atoms with E-state index in [-0.39, 0.29) is 0 Å². The minimum Gasteiger partial charge on any atom is -0.381 e. The van der Waals surface area contributed by atoms with Gasteiger partial charge < -0.3 is 10.8 Å². The molecule has 90 valence electrons. The number of aliphatic hydroxyl groups excluding tert-OH is 1. The lowest BCUT2D eigenvalue weighted by atomic mass is 10.1. The van der Waals surface area contributed by atoms with Crippen LogP contribution in [0.3, 0.4) is 0 Å². The predicted octanol–water partition coefficient (Wildman–Crippen LogP) is 1.07. The molecule has 18 heavy (non-hydrogen) atoms. The van der Waals surface area contributed by atoms with Crippen molar-refractivity contribution in [3.63, 3.8) is 0 Å². The van der Waals surface area contributed by atoms with Crippen LogP contribution < -0.4 is 5.73 Å². The molecule has 4 heteroatoms. The fourth-order valence-corrected chi connectivity index (χ4v) is 1.53. The molecular weight excluding hydrogens is 228 g/mol. The average Bonchev–Trinajstić information content (AvgIpc) is 2.35. The Balaban J connectivity index is 2.50. The molecule has 1 unspecified atom stereocenters. The first-order chi connectivity index (χ1) is 8.56. The first kappa shape index (κ1) is 12.1. The Morgan fingerprint density at radius 2 is 2.22 bits per heavy atom. The number of carbonyl (C=O) groups excluding carboxylic acids is 1. The van der Waals surface area contributed by atoms with Crippen LogP contribution in [0.25, 0.3) is 10.9 Å². The van der Waals surface area contributed by atoms with Crippen molar-refractivity contribution in [1.29, 1.82) is 0 Å². The summed E-state index contributed by atoms with van der Waals surface area (Å²) in [5, 5.41) is 9.89. The van der Waals surface area contributed by atoms with Crippen LogP contribution in [0, 0.1) is 11.8 Å². The largest absolute Gasteiger partial charge is 0.381 e. The Kier molecular flexibility index (Phi) is 3.26. The van der Waals surface area contributed by atoms with Crippen LogP contribution in [0.4, 0.5) is 0 Å².